The van der Waals surface area contributed by atoms with Crippen LogP contribution in [0.25, 0.3) is 11.0 Å². The van der Waals surface area contributed by atoms with Crippen LogP contribution in [0.4, 0.5) is 5.69 Å². The molecule has 0 aliphatic heterocycles. The molecule has 0 bridgehead atoms. The molecular weight excluding hydrogens is 310 g/mol. The molecule has 0 amide bonds. The highest BCUT2D eigenvalue weighted by Gasteiger charge is 2.02. The first-order valence-electron chi connectivity index (χ1n) is 8.28. The van der Waals surface area contributed by atoms with Gasteiger partial charge in [0, 0.05) is 5.69 Å². The summed E-state index contributed by atoms with van der Waals surface area (Å²) in [6.45, 7) is 2.70. The van der Waals surface area contributed by atoms with Crippen LogP contribution in [0.1, 0.15) is 11.4 Å². The van der Waals surface area contributed by atoms with Crippen LogP contribution >= 0.6 is 0 Å². The van der Waals surface area contributed by atoms with Crippen LogP contribution < -0.4 is 10.1 Å². The summed E-state index contributed by atoms with van der Waals surface area (Å²) >= 11 is 0. The van der Waals surface area contributed by atoms with Crippen molar-refractivity contribution in [1.82, 2.24) is 9.97 Å². The number of nitrogens with one attached hydrogen (secondary N) is 2. The van der Waals surface area contributed by atoms with E-state index in [0.717, 1.165) is 34.0 Å². The van der Waals surface area contributed by atoms with Gasteiger partial charge in [-0.3, -0.25) is 0 Å². The number of nitrogens with zero attached hydrogens (tertiary/aromatic N) is 1. The number of anilines is 1. The molecule has 4 nitrogen and oxygen atoms in total. The van der Waals surface area contributed by atoms with Gasteiger partial charge in [0.2, 0.25) is 0 Å². The quantitative estimate of drug-likeness (QED) is 0.524. The normalized spacial score (nSPS) is 10.8. The number of fused-ring (bicyclic) bond motifs is 1. The minimum Gasteiger partial charge on any atom is -0.457 e. The van der Waals surface area contributed by atoms with Gasteiger partial charge in [0.25, 0.3) is 0 Å². The smallest absolute Gasteiger partial charge is 0.127 e. The lowest BCUT2D eigenvalue weighted by molar-refractivity contribution is 0.482. The zero-order valence-corrected chi connectivity index (χ0v) is 14.0. The summed E-state index contributed by atoms with van der Waals surface area (Å²) in [5, 5.41) is 3.37. The molecule has 4 aromatic rings. The first-order valence-corrected chi connectivity index (χ1v) is 8.28. The number of imidazole rings is 1. The van der Waals surface area contributed by atoms with Crippen LogP contribution in [0.15, 0.2) is 72.8 Å². The van der Waals surface area contributed by atoms with Crippen LogP contribution in [0.3, 0.4) is 0 Å². The number of hydrogen-bond acceptors (Lipinski definition) is 3. The zero-order valence-electron chi connectivity index (χ0n) is 14.0. The molecule has 1 heterocycles. The van der Waals surface area contributed by atoms with Crippen LogP contribution in [-0.4, -0.2) is 9.97 Å². The number of H-pyrrole nitrogens is 1. The lowest BCUT2D eigenvalue weighted by Gasteiger charge is -2.08. The van der Waals surface area contributed by atoms with Gasteiger partial charge in [-0.15, -0.1) is 0 Å². The molecule has 0 spiro atoms. The molecule has 0 saturated heterocycles. The van der Waals surface area contributed by atoms with Gasteiger partial charge in [-0.2, -0.15) is 0 Å². The average Bonchev–Trinajstić information content (AvgIpc) is 3.04. The fraction of sp³-hybridized carbons (Fsp3) is 0.0952. The summed E-state index contributed by atoms with van der Waals surface area (Å²) in [6, 6.07) is 24.0. The zero-order chi connectivity index (χ0) is 17.1. The van der Waals surface area contributed by atoms with Gasteiger partial charge in [-0.05, 0) is 61.0 Å². The van der Waals surface area contributed by atoms with Crippen LogP contribution in [0.2, 0.25) is 0 Å². The Bertz CT molecular complexity index is 956. The maximum atomic E-state index is 5.87. The third-order valence-electron chi connectivity index (χ3n) is 3.98. The second-order valence-corrected chi connectivity index (χ2v) is 6.00. The van der Waals surface area contributed by atoms with Gasteiger partial charge in [0.15, 0.2) is 0 Å². The third kappa shape index (κ3) is 3.63. The van der Waals surface area contributed by atoms with E-state index < -0.39 is 0 Å². The summed E-state index contributed by atoms with van der Waals surface area (Å²) in [5.41, 5.74) is 4.25. The molecule has 2 N–H and O–H groups in total. The summed E-state index contributed by atoms with van der Waals surface area (Å²) in [5.74, 6) is 2.59. The lowest BCUT2D eigenvalue weighted by atomic mass is 10.2. The van der Waals surface area contributed by atoms with E-state index in [1.54, 1.807) is 0 Å². The molecule has 0 saturated carbocycles. The highest BCUT2D eigenvalue weighted by atomic mass is 16.5. The Morgan fingerprint density at radius 1 is 0.920 bits per heavy atom. The molecule has 0 radical (unpaired) electrons. The summed E-state index contributed by atoms with van der Waals surface area (Å²) in [6.07, 6.45) is 0. The molecule has 0 aliphatic carbocycles. The Morgan fingerprint density at radius 3 is 2.56 bits per heavy atom. The second-order valence-electron chi connectivity index (χ2n) is 6.00. The number of rotatable bonds is 5. The number of para-hydroxylation sites is 2. The summed E-state index contributed by atoms with van der Waals surface area (Å²) < 4.78 is 5.87. The van der Waals surface area contributed by atoms with E-state index in [4.69, 9.17) is 4.74 Å². The maximum Gasteiger partial charge on any atom is 0.127 e. The highest BCUT2D eigenvalue weighted by molar-refractivity contribution is 5.74. The van der Waals surface area contributed by atoms with Crippen LogP contribution in [0.5, 0.6) is 11.5 Å². The number of ether oxygens (including phenoxy) is 1. The van der Waals surface area contributed by atoms with Gasteiger partial charge in [0.1, 0.15) is 17.3 Å². The van der Waals surface area contributed by atoms with Crippen molar-refractivity contribution in [2.24, 2.45) is 0 Å². The Morgan fingerprint density at radius 2 is 1.76 bits per heavy atom. The Labute approximate surface area is 146 Å². The van der Waals surface area contributed by atoms with E-state index in [2.05, 4.69) is 28.3 Å². The molecule has 0 aliphatic rings. The van der Waals surface area contributed by atoms with Crippen molar-refractivity contribution < 1.29 is 4.74 Å². The van der Waals surface area contributed by atoms with Crippen molar-refractivity contribution in [3.63, 3.8) is 0 Å². The molecule has 0 fully saturated rings. The lowest BCUT2D eigenvalue weighted by Crippen LogP contribution is -2.00. The van der Waals surface area contributed by atoms with Crippen molar-refractivity contribution in [3.8, 4) is 11.5 Å². The van der Waals surface area contributed by atoms with E-state index in [-0.39, 0.29) is 0 Å². The second kappa shape index (κ2) is 6.69. The van der Waals surface area contributed by atoms with Crippen molar-refractivity contribution in [1.29, 1.82) is 0 Å². The summed E-state index contributed by atoms with van der Waals surface area (Å²) in [7, 11) is 0. The van der Waals surface area contributed by atoms with Gasteiger partial charge < -0.3 is 15.0 Å². The molecule has 124 valence electrons. The van der Waals surface area contributed by atoms with Gasteiger partial charge in [-0.1, -0.05) is 24.3 Å². The predicted molar refractivity (Wildman–Crippen MR) is 101 cm³/mol. The minimum atomic E-state index is 0.646. The standard InChI is InChI=1S/C21H19N3O/c1-15-5-4-6-18(13-15)25-17-11-9-16(10-12-17)22-14-21-23-19-7-2-3-8-20(19)24-21/h2-13,22H,14H2,1H3,(H,23,24). The maximum absolute atomic E-state index is 5.87. The monoisotopic (exact) mass is 329 g/mol. The topological polar surface area (TPSA) is 49.9 Å². The fourth-order valence-corrected chi connectivity index (χ4v) is 2.73. The van der Waals surface area contributed by atoms with E-state index in [1.165, 1.54) is 5.56 Å². The first-order chi connectivity index (χ1) is 12.3. The van der Waals surface area contributed by atoms with E-state index >= 15 is 0 Å². The number of aryl methyl sites for hydroxylation is 1. The van der Waals surface area contributed by atoms with E-state index in [0.29, 0.717) is 6.54 Å². The fourth-order valence-electron chi connectivity index (χ4n) is 2.73. The molecule has 25 heavy (non-hydrogen) atoms. The van der Waals surface area contributed by atoms with Crippen LogP contribution in [0, 0.1) is 6.92 Å². The van der Waals surface area contributed by atoms with Crippen molar-refractivity contribution in [3.05, 3.63) is 84.2 Å². The Kier molecular flexibility index (Phi) is 4.09. The van der Waals surface area contributed by atoms with E-state index in [9.17, 15) is 0 Å². The molecular formula is C21H19N3O. The molecule has 0 unspecified atom stereocenters. The largest absolute Gasteiger partial charge is 0.457 e. The molecule has 0 atom stereocenters. The summed E-state index contributed by atoms with van der Waals surface area (Å²) in [4.78, 5) is 7.88. The van der Waals surface area contributed by atoms with Gasteiger partial charge >= 0.3 is 0 Å². The van der Waals surface area contributed by atoms with Crippen LogP contribution in [-0.2, 0) is 6.54 Å². The SMILES string of the molecule is Cc1cccc(Oc2ccc(NCc3nc4ccccc4[nH]3)cc2)c1. The number of benzene rings is 3. The molecule has 4 heteroatoms. The molecule has 4 rings (SSSR count). The van der Waals surface area contributed by atoms with Gasteiger partial charge in [-0.25, -0.2) is 4.98 Å². The van der Waals surface area contributed by atoms with Gasteiger partial charge in [0.05, 0.1) is 17.6 Å². The Hall–Kier alpha value is -3.27. The van der Waals surface area contributed by atoms with Crippen molar-refractivity contribution in [2.45, 2.75) is 13.5 Å². The average molecular weight is 329 g/mol. The predicted octanol–water partition coefficient (Wildman–Crippen LogP) is 5.28. The molecule has 3 aromatic carbocycles. The first kappa shape index (κ1) is 15.3. The molecule has 1 aromatic heterocycles. The number of hydrogen-bond donors (Lipinski definition) is 2. The number of aromatic amines is 1. The number of aromatic nitrogens is 2. The van der Waals surface area contributed by atoms with E-state index in [1.807, 2.05) is 66.7 Å². The van der Waals surface area contributed by atoms with Crippen molar-refractivity contribution >= 4 is 16.7 Å². The minimum absolute atomic E-state index is 0.646. The van der Waals surface area contributed by atoms with Crippen molar-refractivity contribution in [2.75, 3.05) is 5.32 Å². The Balaban J connectivity index is 1.40. The highest BCUT2D eigenvalue weighted by Crippen LogP contribution is 2.24. The third-order valence-corrected chi connectivity index (χ3v) is 3.98.